The highest BCUT2D eigenvalue weighted by molar-refractivity contribution is 7.82. The van der Waals surface area contributed by atoms with Gasteiger partial charge in [-0.2, -0.15) is 8.42 Å². The summed E-state index contributed by atoms with van der Waals surface area (Å²) in [5.74, 6) is 1.89. The van der Waals surface area contributed by atoms with Crippen LogP contribution in [0.25, 0.3) is 0 Å². The van der Waals surface area contributed by atoms with E-state index in [9.17, 15) is 8.42 Å². The Balaban J connectivity index is 3.95. The largest absolute Gasteiger partial charge is 0.459 e. The van der Waals surface area contributed by atoms with Crippen LogP contribution in [0.15, 0.2) is 0 Å². The zero-order valence-corrected chi connectivity index (χ0v) is 5.59. The summed E-state index contributed by atoms with van der Waals surface area (Å²) in [5.41, 5.74) is 0. The minimum absolute atomic E-state index is 0.440. The molecule has 0 aliphatic carbocycles. The van der Waals surface area contributed by atoms with Crippen LogP contribution in [0.5, 0.6) is 0 Å². The van der Waals surface area contributed by atoms with E-state index in [4.69, 9.17) is 5.26 Å². The maximum atomic E-state index is 10.2. The van der Waals surface area contributed by atoms with Gasteiger partial charge in [0.05, 0.1) is 0 Å². The Hall–Kier alpha value is -1.24. The van der Waals surface area contributed by atoms with Crippen LogP contribution < -0.4 is 0 Å². The lowest BCUT2D eigenvalue weighted by Crippen LogP contribution is -2.06. The number of nitriles is 1. The highest BCUT2D eigenvalue weighted by atomic mass is 32.3. The highest BCUT2D eigenvalue weighted by Crippen LogP contribution is 1.91. The van der Waals surface area contributed by atoms with Gasteiger partial charge in [0.2, 0.25) is 0 Å². The third-order valence-corrected chi connectivity index (χ3v) is 1.11. The predicted octanol–water partition coefficient (Wildman–Crippen LogP) is -0.621. The Labute approximate surface area is 58.5 Å². The molecule has 0 unspecified atom stereocenters. The first-order valence-corrected chi connectivity index (χ1v) is 3.36. The van der Waals surface area contributed by atoms with Crippen LogP contribution in [0.3, 0.4) is 0 Å². The third kappa shape index (κ3) is 3.72. The van der Waals surface area contributed by atoms with Gasteiger partial charge in [0, 0.05) is 0 Å². The number of rotatable bonds is 3. The van der Waals surface area contributed by atoms with E-state index in [1.54, 1.807) is 0 Å². The summed E-state index contributed by atoms with van der Waals surface area (Å²) in [6, 6.07) is 0. The van der Waals surface area contributed by atoms with Crippen LogP contribution in [0, 0.1) is 23.9 Å². The molecule has 54 valence electrons. The Kier molecular flexibility index (Phi) is 3.26. The lowest BCUT2D eigenvalue weighted by Gasteiger charge is -1.93. The molecule has 10 heavy (non-hydrogen) atoms. The van der Waals surface area contributed by atoms with E-state index in [2.05, 4.69) is 14.8 Å². The average molecular weight is 161 g/mol. The van der Waals surface area contributed by atoms with Crippen molar-refractivity contribution in [3.63, 3.8) is 0 Å². The molecule has 0 aromatic rings. The molecule has 0 radical (unpaired) electrons. The lowest BCUT2D eigenvalue weighted by atomic mass is 10.8. The van der Waals surface area contributed by atoms with E-state index in [0.717, 1.165) is 6.26 Å². The molecule has 0 bridgehead atoms. The SMILES string of the molecule is C#CCOS(=O)(=O)OC#N. The molecule has 0 heterocycles. The van der Waals surface area contributed by atoms with Crippen LogP contribution in [-0.2, 0) is 18.8 Å². The minimum atomic E-state index is -4.20. The number of hydrogen-bond donors (Lipinski definition) is 0. The molecule has 0 fully saturated rings. The van der Waals surface area contributed by atoms with Crippen molar-refractivity contribution in [2.75, 3.05) is 6.61 Å². The fraction of sp³-hybridized carbons (Fsp3) is 0.250. The van der Waals surface area contributed by atoms with E-state index in [0.29, 0.717) is 0 Å². The molecule has 0 rings (SSSR count). The average Bonchev–Trinajstić information content (AvgIpc) is 1.84. The van der Waals surface area contributed by atoms with E-state index >= 15 is 0 Å². The number of hydrogen-bond acceptors (Lipinski definition) is 5. The Morgan fingerprint density at radius 1 is 1.60 bits per heavy atom. The van der Waals surface area contributed by atoms with Crippen LogP contribution in [-0.4, -0.2) is 15.0 Å². The quantitative estimate of drug-likeness (QED) is 0.407. The fourth-order valence-electron chi connectivity index (χ4n) is 0.176. The summed E-state index contributed by atoms with van der Waals surface area (Å²) in [7, 11) is -4.20. The Bertz CT molecular complexity index is 267. The molecule has 5 nitrogen and oxygen atoms in total. The molecule has 0 saturated carbocycles. The predicted molar refractivity (Wildman–Crippen MR) is 30.4 cm³/mol. The Morgan fingerprint density at radius 2 is 2.20 bits per heavy atom. The van der Waals surface area contributed by atoms with E-state index in [-0.39, 0.29) is 0 Å². The van der Waals surface area contributed by atoms with Crippen LogP contribution in [0.1, 0.15) is 0 Å². The van der Waals surface area contributed by atoms with Gasteiger partial charge in [-0.25, -0.2) is 4.18 Å². The molecular weight excluding hydrogens is 158 g/mol. The van der Waals surface area contributed by atoms with Crippen molar-refractivity contribution in [3.8, 4) is 18.6 Å². The van der Waals surface area contributed by atoms with Crippen molar-refractivity contribution in [3.05, 3.63) is 0 Å². The van der Waals surface area contributed by atoms with Gasteiger partial charge in [0.25, 0.3) is 0 Å². The van der Waals surface area contributed by atoms with Crippen molar-refractivity contribution in [1.82, 2.24) is 0 Å². The fourth-order valence-corrected chi connectivity index (χ4v) is 0.528. The van der Waals surface area contributed by atoms with Gasteiger partial charge in [-0.3, -0.25) is 4.18 Å². The standard InChI is InChI=1S/C4H3NO4S/c1-2-3-8-10(6,7)9-4-5/h1H,3H2. The van der Waals surface area contributed by atoms with Crippen molar-refractivity contribution in [2.24, 2.45) is 0 Å². The second kappa shape index (κ2) is 3.72. The molecule has 0 N–H and O–H groups in total. The van der Waals surface area contributed by atoms with E-state index in [1.165, 1.54) is 0 Å². The van der Waals surface area contributed by atoms with Gasteiger partial charge in [-0.05, 0) is 0 Å². The van der Waals surface area contributed by atoms with Crippen molar-refractivity contribution >= 4 is 10.4 Å². The smallest absolute Gasteiger partial charge is 0.281 e. The molecule has 6 heteroatoms. The van der Waals surface area contributed by atoms with Gasteiger partial charge in [-0.15, -0.1) is 11.7 Å². The normalized spacial score (nSPS) is 9.40. The summed E-state index contributed by atoms with van der Waals surface area (Å²) in [5, 5.41) is 7.72. The summed E-state index contributed by atoms with van der Waals surface area (Å²) < 4.78 is 27.9. The van der Waals surface area contributed by atoms with Gasteiger partial charge in [0.1, 0.15) is 6.61 Å². The summed E-state index contributed by atoms with van der Waals surface area (Å²) in [6.07, 6.45) is 5.59. The molecule has 0 aliphatic heterocycles. The number of terminal acetylenes is 1. The van der Waals surface area contributed by atoms with Crippen LogP contribution >= 0.6 is 0 Å². The molecule has 0 aromatic carbocycles. The molecule has 0 aliphatic rings. The molecule has 0 atom stereocenters. The van der Waals surface area contributed by atoms with Crippen LogP contribution in [0.2, 0.25) is 0 Å². The van der Waals surface area contributed by atoms with Gasteiger partial charge in [-0.1, -0.05) is 5.92 Å². The summed E-state index contributed by atoms with van der Waals surface area (Å²) in [6.45, 7) is -0.440. The first-order valence-electron chi connectivity index (χ1n) is 2.03. The zero-order valence-electron chi connectivity index (χ0n) is 4.77. The van der Waals surface area contributed by atoms with Crippen molar-refractivity contribution < 1.29 is 16.8 Å². The summed E-state index contributed by atoms with van der Waals surface area (Å²) in [4.78, 5) is 0. The second-order valence-electron chi connectivity index (χ2n) is 1.05. The Morgan fingerprint density at radius 3 is 2.60 bits per heavy atom. The van der Waals surface area contributed by atoms with Crippen molar-refractivity contribution in [1.29, 1.82) is 5.26 Å². The van der Waals surface area contributed by atoms with Gasteiger partial charge < -0.3 is 0 Å². The van der Waals surface area contributed by atoms with E-state index in [1.807, 2.05) is 5.92 Å². The minimum Gasteiger partial charge on any atom is -0.281 e. The van der Waals surface area contributed by atoms with E-state index < -0.39 is 17.0 Å². The highest BCUT2D eigenvalue weighted by Gasteiger charge is 2.09. The second-order valence-corrected chi connectivity index (χ2v) is 2.27. The third-order valence-electron chi connectivity index (χ3n) is 0.426. The van der Waals surface area contributed by atoms with Crippen molar-refractivity contribution in [2.45, 2.75) is 0 Å². The summed E-state index contributed by atoms with van der Waals surface area (Å²) >= 11 is 0. The molecular formula is C4H3NO4S. The van der Waals surface area contributed by atoms with Gasteiger partial charge >= 0.3 is 16.7 Å². The maximum absolute atomic E-state index is 10.2. The van der Waals surface area contributed by atoms with Gasteiger partial charge in [0.15, 0.2) is 0 Å². The lowest BCUT2D eigenvalue weighted by molar-refractivity contribution is 0.294. The molecule has 0 amide bonds. The van der Waals surface area contributed by atoms with Crippen LogP contribution in [0.4, 0.5) is 0 Å². The molecule has 0 saturated heterocycles. The molecule has 0 spiro atoms. The topological polar surface area (TPSA) is 76.4 Å². The maximum Gasteiger partial charge on any atom is 0.459 e. The first-order chi connectivity index (χ1) is 4.62. The number of nitrogens with zero attached hydrogens (tertiary/aromatic N) is 1. The molecule has 0 aromatic heterocycles. The monoisotopic (exact) mass is 161 g/mol. The first kappa shape index (κ1) is 8.76. The zero-order chi connectivity index (χ0) is 8.04.